The van der Waals surface area contributed by atoms with E-state index in [-0.39, 0.29) is 5.97 Å². The number of carbonyl (C=O) groups excluding carboxylic acids is 1. The molecule has 0 heterocycles. The van der Waals surface area contributed by atoms with Gasteiger partial charge in [0.05, 0.1) is 12.0 Å². The Morgan fingerprint density at radius 3 is 2.35 bits per heavy atom. The van der Waals surface area contributed by atoms with Gasteiger partial charge >= 0.3 is 5.97 Å². The van der Waals surface area contributed by atoms with Crippen molar-refractivity contribution in [3.05, 3.63) is 0 Å². The summed E-state index contributed by atoms with van der Waals surface area (Å²) in [6, 6.07) is 0. The molecule has 0 aromatic rings. The zero-order valence-corrected chi connectivity index (χ0v) is 10.9. The Morgan fingerprint density at radius 2 is 1.82 bits per heavy atom. The molecule has 100 valence electrons. The maximum atomic E-state index is 12.1. The molecule has 0 spiro atoms. The molecule has 0 bridgehead atoms. The van der Waals surface area contributed by atoms with Gasteiger partial charge in [-0.3, -0.25) is 4.79 Å². The zero-order chi connectivity index (χ0) is 12.6. The van der Waals surface area contributed by atoms with E-state index in [1.165, 1.54) is 12.8 Å². The Bertz CT molecular complexity index is 223. The third-order valence-electron chi connectivity index (χ3n) is 3.61. The minimum Gasteiger partial charge on any atom is -0.465 e. The Hall–Kier alpha value is -0.610. The van der Waals surface area contributed by atoms with Crippen LogP contribution in [0, 0.1) is 5.41 Å². The monoisotopic (exact) mass is 243 g/mol. The minimum atomic E-state index is -0.413. The molecule has 1 fully saturated rings. The van der Waals surface area contributed by atoms with Crippen molar-refractivity contribution in [2.24, 2.45) is 11.1 Å². The van der Waals surface area contributed by atoms with E-state index >= 15 is 0 Å². The molecule has 4 heteroatoms. The van der Waals surface area contributed by atoms with E-state index in [0.717, 1.165) is 32.1 Å². The van der Waals surface area contributed by atoms with E-state index in [1.54, 1.807) is 7.11 Å². The average molecular weight is 243 g/mol. The van der Waals surface area contributed by atoms with Gasteiger partial charge in [0.25, 0.3) is 0 Å². The Kier molecular flexibility index (Phi) is 6.52. The van der Waals surface area contributed by atoms with Crippen molar-refractivity contribution in [1.29, 1.82) is 0 Å². The molecule has 0 amide bonds. The van der Waals surface area contributed by atoms with Gasteiger partial charge in [0.2, 0.25) is 0 Å². The molecule has 0 aromatic heterocycles. The zero-order valence-electron chi connectivity index (χ0n) is 10.9. The summed E-state index contributed by atoms with van der Waals surface area (Å²) in [5.74, 6) is -0.0991. The molecular formula is C13H25NO3. The summed E-state index contributed by atoms with van der Waals surface area (Å²) in [5, 5.41) is 0. The second kappa shape index (κ2) is 7.67. The average Bonchev–Trinajstić information content (AvgIpc) is 2.60. The molecule has 17 heavy (non-hydrogen) atoms. The second-order valence-corrected chi connectivity index (χ2v) is 4.88. The Labute approximate surface area is 104 Å². The number of carbonyl (C=O) groups is 1. The number of nitrogens with two attached hydrogens (primary N) is 1. The summed E-state index contributed by atoms with van der Waals surface area (Å²) in [7, 11) is 1.65. The number of hydrogen-bond acceptors (Lipinski definition) is 4. The summed E-state index contributed by atoms with van der Waals surface area (Å²) < 4.78 is 10.3. The van der Waals surface area contributed by atoms with Crippen molar-refractivity contribution in [3.8, 4) is 0 Å². The van der Waals surface area contributed by atoms with Gasteiger partial charge in [-0.2, -0.15) is 0 Å². The highest BCUT2D eigenvalue weighted by Crippen LogP contribution is 2.35. The maximum absolute atomic E-state index is 12.1. The first kappa shape index (κ1) is 14.5. The molecule has 1 aliphatic carbocycles. The van der Waals surface area contributed by atoms with Gasteiger partial charge < -0.3 is 15.2 Å². The number of ether oxygens (including phenoxy) is 2. The topological polar surface area (TPSA) is 61.5 Å². The maximum Gasteiger partial charge on any atom is 0.313 e. The van der Waals surface area contributed by atoms with Crippen LogP contribution in [0.3, 0.4) is 0 Å². The van der Waals surface area contributed by atoms with E-state index in [9.17, 15) is 4.79 Å². The standard InChI is InChI=1S/C13H25NO3/c1-16-9-6-10-17-12(15)13(11-14)7-4-2-3-5-8-13/h2-11,14H2,1H3. The van der Waals surface area contributed by atoms with Crippen molar-refractivity contribution in [1.82, 2.24) is 0 Å². The molecule has 1 saturated carbocycles. The number of esters is 1. The van der Waals surface area contributed by atoms with Crippen LogP contribution in [-0.2, 0) is 14.3 Å². The van der Waals surface area contributed by atoms with Crippen LogP contribution in [0.5, 0.6) is 0 Å². The quantitative estimate of drug-likeness (QED) is 0.439. The van der Waals surface area contributed by atoms with Crippen molar-refractivity contribution < 1.29 is 14.3 Å². The first-order valence-corrected chi connectivity index (χ1v) is 6.61. The second-order valence-electron chi connectivity index (χ2n) is 4.88. The van der Waals surface area contributed by atoms with Gasteiger partial charge in [-0.15, -0.1) is 0 Å². The highest BCUT2D eigenvalue weighted by atomic mass is 16.5. The van der Waals surface area contributed by atoms with Crippen molar-refractivity contribution in [3.63, 3.8) is 0 Å². The van der Waals surface area contributed by atoms with Crippen LogP contribution in [-0.4, -0.2) is 32.8 Å². The predicted molar refractivity (Wildman–Crippen MR) is 66.6 cm³/mol. The highest BCUT2D eigenvalue weighted by Gasteiger charge is 2.38. The van der Waals surface area contributed by atoms with E-state index in [0.29, 0.717) is 19.8 Å². The minimum absolute atomic E-state index is 0.0991. The van der Waals surface area contributed by atoms with E-state index < -0.39 is 5.41 Å². The summed E-state index contributed by atoms with van der Waals surface area (Å²) >= 11 is 0. The molecule has 0 aromatic carbocycles. The molecule has 0 atom stereocenters. The summed E-state index contributed by atoms with van der Waals surface area (Å²) in [4.78, 5) is 12.1. The Balaban J connectivity index is 2.43. The van der Waals surface area contributed by atoms with Crippen LogP contribution in [0.25, 0.3) is 0 Å². The lowest BCUT2D eigenvalue weighted by atomic mass is 9.80. The third kappa shape index (κ3) is 4.28. The lowest BCUT2D eigenvalue weighted by Gasteiger charge is -2.28. The first-order chi connectivity index (χ1) is 8.25. The molecule has 2 N–H and O–H groups in total. The van der Waals surface area contributed by atoms with E-state index in [2.05, 4.69) is 0 Å². The van der Waals surface area contributed by atoms with Crippen LogP contribution < -0.4 is 5.73 Å². The van der Waals surface area contributed by atoms with Crippen LogP contribution >= 0.6 is 0 Å². The predicted octanol–water partition coefficient (Wildman–Crippen LogP) is 1.87. The van der Waals surface area contributed by atoms with Crippen molar-refractivity contribution in [2.45, 2.75) is 44.9 Å². The Morgan fingerprint density at radius 1 is 1.18 bits per heavy atom. The van der Waals surface area contributed by atoms with Gasteiger partial charge in [0, 0.05) is 26.7 Å². The molecule has 4 nitrogen and oxygen atoms in total. The van der Waals surface area contributed by atoms with Crippen molar-refractivity contribution in [2.75, 3.05) is 26.9 Å². The normalized spacial score (nSPS) is 19.6. The molecule has 0 aliphatic heterocycles. The lowest BCUT2D eigenvalue weighted by molar-refractivity contribution is -0.156. The van der Waals surface area contributed by atoms with Crippen LogP contribution in [0.15, 0.2) is 0 Å². The fraction of sp³-hybridized carbons (Fsp3) is 0.923. The smallest absolute Gasteiger partial charge is 0.313 e. The number of rotatable bonds is 6. The highest BCUT2D eigenvalue weighted by molar-refractivity contribution is 5.77. The van der Waals surface area contributed by atoms with Crippen LogP contribution in [0.2, 0.25) is 0 Å². The largest absolute Gasteiger partial charge is 0.465 e. The van der Waals surface area contributed by atoms with Gasteiger partial charge in [0.15, 0.2) is 0 Å². The summed E-state index contributed by atoms with van der Waals surface area (Å²) in [6.07, 6.45) is 7.11. The van der Waals surface area contributed by atoms with Gasteiger partial charge in [-0.25, -0.2) is 0 Å². The molecule has 0 saturated heterocycles. The third-order valence-corrected chi connectivity index (χ3v) is 3.61. The molecular weight excluding hydrogens is 218 g/mol. The van der Waals surface area contributed by atoms with Gasteiger partial charge in [-0.05, 0) is 12.8 Å². The fourth-order valence-corrected chi connectivity index (χ4v) is 2.42. The number of methoxy groups -OCH3 is 1. The summed E-state index contributed by atoms with van der Waals surface area (Å²) in [5.41, 5.74) is 5.40. The summed E-state index contributed by atoms with van der Waals surface area (Å²) in [6.45, 7) is 1.48. The fourth-order valence-electron chi connectivity index (χ4n) is 2.42. The SMILES string of the molecule is COCCCOC(=O)C1(CN)CCCCCC1. The number of hydrogen-bond donors (Lipinski definition) is 1. The van der Waals surface area contributed by atoms with Crippen LogP contribution in [0.4, 0.5) is 0 Å². The lowest BCUT2D eigenvalue weighted by Crippen LogP contribution is -2.39. The molecule has 1 rings (SSSR count). The van der Waals surface area contributed by atoms with E-state index in [4.69, 9.17) is 15.2 Å². The molecule has 1 aliphatic rings. The van der Waals surface area contributed by atoms with Gasteiger partial charge in [0.1, 0.15) is 0 Å². The molecule has 0 radical (unpaired) electrons. The van der Waals surface area contributed by atoms with Crippen LogP contribution in [0.1, 0.15) is 44.9 Å². The van der Waals surface area contributed by atoms with E-state index in [1.807, 2.05) is 0 Å². The van der Waals surface area contributed by atoms with Gasteiger partial charge in [-0.1, -0.05) is 25.7 Å². The first-order valence-electron chi connectivity index (χ1n) is 6.61. The van der Waals surface area contributed by atoms with Crippen molar-refractivity contribution >= 4 is 5.97 Å². The molecule has 0 unspecified atom stereocenters.